The van der Waals surface area contributed by atoms with Crippen LogP contribution in [0, 0.1) is 0 Å². The number of pyridine rings is 1. The van der Waals surface area contributed by atoms with Crippen molar-refractivity contribution in [1.29, 1.82) is 0 Å². The van der Waals surface area contributed by atoms with E-state index in [9.17, 15) is 0 Å². The van der Waals surface area contributed by atoms with Gasteiger partial charge in [0, 0.05) is 22.7 Å². The summed E-state index contributed by atoms with van der Waals surface area (Å²) in [7, 11) is 4.93. The van der Waals surface area contributed by atoms with E-state index in [1.807, 2.05) is 42.5 Å². The third-order valence-electron chi connectivity index (χ3n) is 3.65. The molecule has 0 amide bonds. The van der Waals surface area contributed by atoms with Crippen molar-refractivity contribution in [1.82, 2.24) is 4.98 Å². The largest absolute Gasteiger partial charge is 0.497 e. The first-order valence-electron chi connectivity index (χ1n) is 6.92. The Morgan fingerprint density at radius 1 is 0.773 bits per heavy atom. The Kier molecular flexibility index (Phi) is 3.83. The summed E-state index contributed by atoms with van der Waals surface area (Å²) in [5, 5.41) is 2.02. The van der Waals surface area contributed by atoms with Crippen molar-refractivity contribution in [2.24, 2.45) is 0 Å². The van der Waals surface area contributed by atoms with Gasteiger partial charge in [0.15, 0.2) is 0 Å². The summed E-state index contributed by atoms with van der Waals surface area (Å²) in [5.41, 5.74) is 1.92. The van der Waals surface area contributed by atoms with Crippen LogP contribution in [0.3, 0.4) is 0 Å². The van der Waals surface area contributed by atoms with Crippen LogP contribution in [0.2, 0.25) is 0 Å². The summed E-state index contributed by atoms with van der Waals surface area (Å²) in [4.78, 5) is 4.41. The molecule has 3 aromatic rings. The summed E-state index contributed by atoms with van der Waals surface area (Å²) in [6.45, 7) is 0. The molecule has 0 aliphatic rings. The lowest BCUT2D eigenvalue weighted by molar-refractivity contribution is 0.402. The number of nitrogens with zero attached hydrogens (tertiary/aromatic N) is 1. The molecule has 22 heavy (non-hydrogen) atoms. The van der Waals surface area contributed by atoms with Crippen LogP contribution in [0.5, 0.6) is 17.4 Å². The topological polar surface area (TPSA) is 40.6 Å². The van der Waals surface area contributed by atoms with E-state index < -0.39 is 0 Å². The molecule has 1 heterocycles. The van der Waals surface area contributed by atoms with Gasteiger partial charge < -0.3 is 14.2 Å². The molecule has 3 rings (SSSR count). The fourth-order valence-corrected chi connectivity index (χ4v) is 2.57. The number of hydrogen-bond donors (Lipinski definition) is 0. The number of benzene rings is 2. The first-order valence-corrected chi connectivity index (χ1v) is 6.92. The number of methoxy groups -OCH3 is 3. The lowest BCUT2D eigenvalue weighted by atomic mass is 9.99. The van der Waals surface area contributed by atoms with Gasteiger partial charge in [0.2, 0.25) is 5.88 Å². The van der Waals surface area contributed by atoms with E-state index in [0.717, 1.165) is 33.4 Å². The Hall–Kier alpha value is -2.75. The highest BCUT2D eigenvalue weighted by molar-refractivity contribution is 6.00. The molecule has 0 aliphatic carbocycles. The van der Waals surface area contributed by atoms with Crippen LogP contribution in [0.25, 0.3) is 21.9 Å². The highest BCUT2D eigenvalue weighted by Gasteiger charge is 2.13. The van der Waals surface area contributed by atoms with E-state index in [1.165, 1.54) is 0 Å². The first-order chi connectivity index (χ1) is 10.8. The SMILES string of the molecule is COc1ccc(OC)c(-c2cnc(OC)c3ccccc23)c1. The van der Waals surface area contributed by atoms with Gasteiger partial charge in [0.25, 0.3) is 0 Å². The third kappa shape index (κ3) is 2.33. The lowest BCUT2D eigenvalue weighted by Gasteiger charge is -2.13. The maximum Gasteiger partial charge on any atom is 0.221 e. The monoisotopic (exact) mass is 295 g/mol. The standard InChI is InChI=1S/C18H17NO3/c1-20-12-8-9-17(21-2)15(10-12)16-11-19-18(22-3)14-7-5-4-6-13(14)16/h4-11H,1-3H3. The van der Waals surface area contributed by atoms with E-state index >= 15 is 0 Å². The van der Waals surface area contributed by atoms with Crippen molar-refractivity contribution in [3.63, 3.8) is 0 Å². The molecule has 0 atom stereocenters. The lowest BCUT2D eigenvalue weighted by Crippen LogP contribution is -1.94. The van der Waals surface area contributed by atoms with E-state index in [4.69, 9.17) is 14.2 Å². The molecule has 0 unspecified atom stereocenters. The highest BCUT2D eigenvalue weighted by Crippen LogP contribution is 2.38. The summed E-state index contributed by atoms with van der Waals surface area (Å²) in [6.07, 6.45) is 1.80. The maximum absolute atomic E-state index is 5.49. The second-order valence-corrected chi connectivity index (χ2v) is 4.79. The van der Waals surface area contributed by atoms with E-state index in [2.05, 4.69) is 4.98 Å². The van der Waals surface area contributed by atoms with Crippen molar-refractivity contribution in [2.45, 2.75) is 0 Å². The van der Waals surface area contributed by atoms with Crippen LogP contribution in [-0.4, -0.2) is 26.3 Å². The highest BCUT2D eigenvalue weighted by atomic mass is 16.5. The molecule has 0 bridgehead atoms. The van der Waals surface area contributed by atoms with Gasteiger partial charge >= 0.3 is 0 Å². The van der Waals surface area contributed by atoms with E-state index in [-0.39, 0.29) is 0 Å². The molecule has 0 N–H and O–H groups in total. The van der Waals surface area contributed by atoms with Crippen molar-refractivity contribution in [2.75, 3.05) is 21.3 Å². The zero-order valence-corrected chi connectivity index (χ0v) is 12.8. The van der Waals surface area contributed by atoms with Gasteiger partial charge in [-0.25, -0.2) is 4.98 Å². The number of hydrogen-bond acceptors (Lipinski definition) is 4. The Labute approximate surface area is 129 Å². The number of ether oxygens (including phenoxy) is 3. The first kappa shape index (κ1) is 14.2. The second kappa shape index (κ2) is 5.93. The van der Waals surface area contributed by atoms with Crippen LogP contribution < -0.4 is 14.2 Å². The summed E-state index contributed by atoms with van der Waals surface area (Å²) >= 11 is 0. The molecule has 0 saturated heterocycles. The van der Waals surface area contributed by atoms with Crippen molar-refractivity contribution in [3.8, 4) is 28.5 Å². The molecule has 0 saturated carbocycles. The maximum atomic E-state index is 5.49. The number of rotatable bonds is 4. The van der Waals surface area contributed by atoms with Crippen molar-refractivity contribution >= 4 is 10.8 Å². The Bertz CT molecular complexity index is 815. The zero-order chi connectivity index (χ0) is 15.5. The van der Waals surface area contributed by atoms with Gasteiger partial charge in [-0.2, -0.15) is 0 Å². The molecule has 1 aromatic heterocycles. The summed E-state index contributed by atoms with van der Waals surface area (Å²) in [6, 6.07) is 13.7. The average Bonchev–Trinajstić information content (AvgIpc) is 2.60. The van der Waals surface area contributed by atoms with E-state index in [1.54, 1.807) is 27.5 Å². The van der Waals surface area contributed by atoms with Crippen LogP contribution in [0.1, 0.15) is 0 Å². The quantitative estimate of drug-likeness (QED) is 0.731. The molecule has 4 heteroatoms. The summed E-state index contributed by atoms with van der Waals surface area (Å²) < 4.78 is 16.2. The van der Waals surface area contributed by atoms with Crippen LogP contribution in [-0.2, 0) is 0 Å². The molecular weight excluding hydrogens is 278 g/mol. The Morgan fingerprint density at radius 3 is 2.23 bits per heavy atom. The Morgan fingerprint density at radius 2 is 1.55 bits per heavy atom. The minimum Gasteiger partial charge on any atom is -0.497 e. The molecule has 112 valence electrons. The number of fused-ring (bicyclic) bond motifs is 1. The van der Waals surface area contributed by atoms with Crippen LogP contribution >= 0.6 is 0 Å². The van der Waals surface area contributed by atoms with Gasteiger partial charge in [0.05, 0.1) is 21.3 Å². The smallest absolute Gasteiger partial charge is 0.221 e. The Balaban J connectivity index is 2.31. The number of aromatic nitrogens is 1. The third-order valence-corrected chi connectivity index (χ3v) is 3.65. The van der Waals surface area contributed by atoms with Crippen LogP contribution in [0.15, 0.2) is 48.7 Å². The average molecular weight is 295 g/mol. The minimum absolute atomic E-state index is 0.612. The predicted molar refractivity (Wildman–Crippen MR) is 86.8 cm³/mol. The fourth-order valence-electron chi connectivity index (χ4n) is 2.57. The molecule has 0 fully saturated rings. The molecular formula is C18H17NO3. The van der Waals surface area contributed by atoms with Gasteiger partial charge in [-0.3, -0.25) is 0 Å². The van der Waals surface area contributed by atoms with Gasteiger partial charge in [-0.15, -0.1) is 0 Å². The van der Waals surface area contributed by atoms with Crippen molar-refractivity contribution in [3.05, 3.63) is 48.7 Å². The molecule has 4 nitrogen and oxygen atoms in total. The minimum atomic E-state index is 0.612. The van der Waals surface area contributed by atoms with Gasteiger partial charge in [0.1, 0.15) is 11.5 Å². The molecule has 2 aromatic carbocycles. The van der Waals surface area contributed by atoms with E-state index in [0.29, 0.717) is 5.88 Å². The molecule has 0 radical (unpaired) electrons. The summed E-state index contributed by atoms with van der Waals surface area (Å²) in [5.74, 6) is 2.16. The molecule has 0 aliphatic heterocycles. The normalized spacial score (nSPS) is 10.5. The second-order valence-electron chi connectivity index (χ2n) is 4.79. The predicted octanol–water partition coefficient (Wildman–Crippen LogP) is 3.93. The van der Waals surface area contributed by atoms with Crippen LogP contribution in [0.4, 0.5) is 0 Å². The molecule has 0 spiro atoms. The van der Waals surface area contributed by atoms with Gasteiger partial charge in [-0.05, 0) is 29.7 Å². The van der Waals surface area contributed by atoms with Gasteiger partial charge in [-0.1, -0.05) is 18.2 Å². The van der Waals surface area contributed by atoms with Crippen molar-refractivity contribution < 1.29 is 14.2 Å². The fraction of sp³-hybridized carbons (Fsp3) is 0.167. The zero-order valence-electron chi connectivity index (χ0n) is 12.8.